The summed E-state index contributed by atoms with van der Waals surface area (Å²) in [5.74, 6) is 1.00. The lowest BCUT2D eigenvalue weighted by Gasteiger charge is -2.02. The van der Waals surface area contributed by atoms with E-state index < -0.39 is 0 Å². The zero-order valence-corrected chi connectivity index (χ0v) is 6.82. The van der Waals surface area contributed by atoms with Gasteiger partial charge in [-0.15, -0.1) is 0 Å². The molecule has 60 valence electrons. The standard InChI is InChI=1S/C8H13N3/c1-3-5-11-6-4-10-8(11)7-9-2/h4,6H,2-3,5,7H2,1H3. The zero-order chi connectivity index (χ0) is 8.10. The molecule has 0 saturated carbocycles. The predicted molar refractivity (Wildman–Crippen MR) is 45.8 cm³/mol. The minimum absolute atomic E-state index is 0.618. The summed E-state index contributed by atoms with van der Waals surface area (Å²) in [5, 5.41) is 0. The fourth-order valence-corrected chi connectivity index (χ4v) is 1.04. The first-order chi connectivity index (χ1) is 5.38. The van der Waals surface area contributed by atoms with Crippen LogP contribution in [0.25, 0.3) is 0 Å². The Morgan fingerprint density at radius 2 is 2.55 bits per heavy atom. The van der Waals surface area contributed by atoms with Crippen molar-refractivity contribution in [1.82, 2.24) is 9.55 Å². The monoisotopic (exact) mass is 151 g/mol. The highest BCUT2D eigenvalue weighted by atomic mass is 15.1. The Morgan fingerprint density at radius 1 is 1.73 bits per heavy atom. The molecule has 0 aliphatic heterocycles. The number of hydrogen-bond acceptors (Lipinski definition) is 2. The maximum Gasteiger partial charge on any atom is 0.130 e. The molecule has 0 amide bonds. The highest BCUT2D eigenvalue weighted by molar-refractivity contribution is 5.23. The number of aliphatic imine (C=N–C) groups is 1. The van der Waals surface area contributed by atoms with Crippen molar-refractivity contribution in [2.75, 3.05) is 0 Å². The summed E-state index contributed by atoms with van der Waals surface area (Å²) < 4.78 is 2.11. The maximum atomic E-state index is 4.15. The molecule has 1 aromatic rings. The topological polar surface area (TPSA) is 30.2 Å². The van der Waals surface area contributed by atoms with Gasteiger partial charge in [-0.1, -0.05) is 6.92 Å². The second-order valence-corrected chi connectivity index (χ2v) is 2.42. The highest BCUT2D eigenvalue weighted by Gasteiger charge is 1.97. The Bertz CT molecular complexity index is 227. The Kier molecular flexibility index (Phi) is 2.83. The molecule has 0 fully saturated rings. The van der Waals surface area contributed by atoms with Crippen LogP contribution in [0.15, 0.2) is 17.4 Å². The maximum absolute atomic E-state index is 4.15. The fourth-order valence-electron chi connectivity index (χ4n) is 1.04. The van der Waals surface area contributed by atoms with E-state index in [-0.39, 0.29) is 0 Å². The number of aryl methyl sites for hydroxylation is 1. The minimum Gasteiger partial charge on any atom is -0.333 e. The number of aromatic nitrogens is 2. The quantitative estimate of drug-likeness (QED) is 0.600. The van der Waals surface area contributed by atoms with Crippen molar-refractivity contribution >= 4 is 6.72 Å². The third kappa shape index (κ3) is 1.90. The summed E-state index contributed by atoms with van der Waals surface area (Å²) in [6.45, 7) is 7.21. The first-order valence-electron chi connectivity index (χ1n) is 3.81. The average Bonchev–Trinajstić information content (AvgIpc) is 2.39. The molecule has 0 aliphatic carbocycles. The van der Waals surface area contributed by atoms with Crippen LogP contribution < -0.4 is 0 Å². The van der Waals surface area contributed by atoms with E-state index in [0.717, 1.165) is 18.8 Å². The van der Waals surface area contributed by atoms with E-state index in [2.05, 4.69) is 28.2 Å². The van der Waals surface area contributed by atoms with E-state index in [4.69, 9.17) is 0 Å². The van der Waals surface area contributed by atoms with Crippen molar-refractivity contribution in [3.8, 4) is 0 Å². The van der Waals surface area contributed by atoms with Crippen LogP contribution in [0.2, 0.25) is 0 Å². The number of hydrogen-bond donors (Lipinski definition) is 0. The lowest BCUT2D eigenvalue weighted by molar-refractivity contribution is 0.639. The summed E-state index contributed by atoms with van der Waals surface area (Å²) in [7, 11) is 0. The van der Waals surface area contributed by atoms with Gasteiger partial charge >= 0.3 is 0 Å². The Morgan fingerprint density at radius 3 is 3.18 bits per heavy atom. The summed E-state index contributed by atoms with van der Waals surface area (Å²) >= 11 is 0. The van der Waals surface area contributed by atoms with Gasteiger partial charge in [0.2, 0.25) is 0 Å². The number of imidazole rings is 1. The third-order valence-electron chi connectivity index (χ3n) is 1.52. The number of rotatable bonds is 4. The molecule has 0 atom stereocenters. The SMILES string of the molecule is C=NCc1nccn1CCC. The van der Waals surface area contributed by atoms with Gasteiger partial charge in [-0.25, -0.2) is 4.98 Å². The van der Waals surface area contributed by atoms with Crippen molar-refractivity contribution in [1.29, 1.82) is 0 Å². The van der Waals surface area contributed by atoms with Gasteiger partial charge in [-0.2, -0.15) is 0 Å². The molecular weight excluding hydrogens is 138 g/mol. The molecule has 0 saturated heterocycles. The first-order valence-corrected chi connectivity index (χ1v) is 3.81. The molecular formula is C8H13N3. The molecule has 1 aromatic heterocycles. The van der Waals surface area contributed by atoms with E-state index in [1.165, 1.54) is 0 Å². The van der Waals surface area contributed by atoms with Gasteiger partial charge in [0, 0.05) is 18.9 Å². The van der Waals surface area contributed by atoms with Gasteiger partial charge in [0.1, 0.15) is 5.82 Å². The largest absolute Gasteiger partial charge is 0.333 e. The summed E-state index contributed by atoms with van der Waals surface area (Å²) in [6, 6.07) is 0. The van der Waals surface area contributed by atoms with Crippen LogP contribution in [-0.2, 0) is 13.1 Å². The molecule has 1 heterocycles. The molecule has 0 bridgehead atoms. The van der Waals surface area contributed by atoms with E-state index in [0.29, 0.717) is 6.54 Å². The highest BCUT2D eigenvalue weighted by Crippen LogP contribution is 1.99. The van der Waals surface area contributed by atoms with Gasteiger partial charge < -0.3 is 4.57 Å². The third-order valence-corrected chi connectivity index (χ3v) is 1.52. The van der Waals surface area contributed by atoms with Crippen LogP contribution in [0.1, 0.15) is 19.2 Å². The number of nitrogens with zero attached hydrogens (tertiary/aromatic N) is 3. The Balaban J connectivity index is 2.69. The average molecular weight is 151 g/mol. The van der Waals surface area contributed by atoms with E-state index >= 15 is 0 Å². The zero-order valence-electron chi connectivity index (χ0n) is 6.82. The van der Waals surface area contributed by atoms with Gasteiger partial charge in [-0.3, -0.25) is 4.99 Å². The van der Waals surface area contributed by atoms with Crippen molar-refractivity contribution in [3.05, 3.63) is 18.2 Å². The van der Waals surface area contributed by atoms with Gasteiger partial charge in [0.25, 0.3) is 0 Å². The molecule has 0 aliphatic rings. The summed E-state index contributed by atoms with van der Waals surface area (Å²) in [4.78, 5) is 7.94. The lowest BCUT2D eigenvalue weighted by atomic mass is 10.4. The van der Waals surface area contributed by atoms with Crippen molar-refractivity contribution < 1.29 is 0 Å². The van der Waals surface area contributed by atoms with E-state index in [9.17, 15) is 0 Å². The van der Waals surface area contributed by atoms with Gasteiger partial charge in [-0.05, 0) is 13.1 Å². The fraction of sp³-hybridized carbons (Fsp3) is 0.500. The van der Waals surface area contributed by atoms with Gasteiger partial charge in [0.05, 0.1) is 6.54 Å². The van der Waals surface area contributed by atoms with E-state index in [1.807, 2.05) is 6.20 Å². The second kappa shape index (κ2) is 3.91. The van der Waals surface area contributed by atoms with Crippen LogP contribution in [0.3, 0.4) is 0 Å². The Labute approximate surface area is 66.8 Å². The molecule has 1 rings (SSSR count). The van der Waals surface area contributed by atoms with Crippen molar-refractivity contribution in [3.63, 3.8) is 0 Å². The van der Waals surface area contributed by atoms with Crippen LogP contribution in [0.5, 0.6) is 0 Å². The van der Waals surface area contributed by atoms with Crippen molar-refractivity contribution in [2.45, 2.75) is 26.4 Å². The minimum atomic E-state index is 0.618. The van der Waals surface area contributed by atoms with Crippen LogP contribution in [-0.4, -0.2) is 16.3 Å². The Hall–Kier alpha value is -1.12. The first kappa shape index (κ1) is 7.98. The van der Waals surface area contributed by atoms with Crippen LogP contribution >= 0.6 is 0 Å². The molecule has 0 aromatic carbocycles. The van der Waals surface area contributed by atoms with Crippen LogP contribution in [0, 0.1) is 0 Å². The molecule has 0 spiro atoms. The van der Waals surface area contributed by atoms with Crippen LogP contribution in [0.4, 0.5) is 0 Å². The molecule has 0 N–H and O–H groups in total. The lowest BCUT2D eigenvalue weighted by Crippen LogP contribution is -2.00. The molecule has 3 heteroatoms. The molecule has 0 radical (unpaired) electrons. The predicted octanol–water partition coefficient (Wildman–Crippen LogP) is 1.49. The molecule has 11 heavy (non-hydrogen) atoms. The molecule has 3 nitrogen and oxygen atoms in total. The normalized spacial score (nSPS) is 9.91. The summed E-state index contributed by atoms with van der Waals surface area (Å²) in [5.41, 5.74) is 0. The molecule has 0 unspecified atom stereocenters. The van der Waals surface area contributed by atoms with E-state index in [1.54, 1.807) is 6.20 Å². The smallest absolute Gasteiger partial charge is 0.130 e. The summed E-state index contributed by atoms with van der Waals surface area (Å²) in [6.07, 6.45) is 4.90. The second-order valence-electron chi connectivity index (χ2n) is 2.42. The van der Waals surface area contributed by atoms with Gasteiger partial charge in [0.15, 0.2) is 0 Å². The van der Waals surface area contributed by atoms with Crippen molar-refractivity contribution in [2.24, 2.45) is 4.99 Å².